The lowest BCUT2D eigenvalue weighted by atomic mass is 9.73. The van der Waals surface area contributed by atoms with Gasteiger partial charge in [0, 0.05) is 98.9 Å². The quantitative estimate of drug-likeness (QED) is 0.0940. The van der Waals surface area contributed by atoms with Crippen LogP contribution in [0.4, 0.5) is 24.5 Å². The Morgan fingerprint density at radius 1 is 0.855 bits per heavy atom. The summed E-state index contributed by atoms with van der Waals surface area (Å²) in [5.41, 5.74) is 4.31. The van der Waals surface area contributed by atoms with Crippen molar-refractivity contribution in [3.8, 4) is 11.1 Å². The van der Waals surface area contributed by atoms with Gasteiger partial charge >= 0.3 is 10.2 Å². The number of carbonyl (C=O) groups is 4. The molecule has 1 saturated carbocycles. The number of aromatic nitrogens is 2. The molecule has 3 N–H and O–H groups in total. The number of pyridine rings is 1. The summed E-state index contributed by atoms with van der Waals surface area (Å²) in [5.74, 6) is -1.96. The molecular formula is C51H53F3N8O6S. The van der Waals surface area contributed by atoms with E-state index in [-0.39, 0.29) is 43.3 Å². The van der Waals surface area contributed by atoms with Gasteiger partial charge in [-0.25, -0.2) is 18.2 Å². The third-order valence-corrected chi connectivity index (χ3v) is 17.1. The fourth-order valence-corrected chi connectivity index (χ4v) is 13.1. The van der Waals surface area contributed by atoms with Gasteiger partial charge in [0.05, 0.1) is 11.3 Å². The average molecular weight is 963 g/mol. The maximum Gasteiger partial charge on any atom is 0.301 e. The second kappa shape index (κ2) is 18.0. The van der Waals surface area contributed by atoms with Gasteiger partial charge in [-0.1, -0.05) is 24.3 Å². The third kappa shape index (κ3) is 8.68. The lowest BCUT2D eigenvalue weighted by Crippen LogP contribution is -2.52. The minimum atomic E-state index is -4.35. The van der Waals surface area contributed by atoms with Crippen LogP contribution >= 0.6 is 0 Å². The topological polar surface area (TPSA) is 168 Å². The highest BCUT2D eigenvalue weighted by atomic mass is 32.2. The summed E-state index contributed by atoms with van der Waals surface area (Å²) in [6.45, 7) is 5.16. The highest BCUT2D eigenvalue weighted by molar-refractivity contribution is 7.90. The van der Waals surface area contributed by atoms with Crippen LogP contribution in [0.15, 0.2) is 73.1 Å². The van der Waals surface area contributed by atoms with E-state index in [9.17, 15) is 32.0 Å². The van der Waals surface area contributed by atoms with E-state index in [2.05, 4.69) is 48.0 Å². The van der Waals surface area contributed by atoms with Gasteiger partial charge in [-0.2, -0.15) is 12.7 Å². The highest BCUT2D eigenvalue weighted by Crippen LogP contribution is 2.44. The predicted molar refractivity (Wildman–Crippen MR) is 252 cm³/mol. The number of nitrogens with one attached hydrogen (secondary N) is 3. The lowest BCUT2D eigenvalue weighted by molar-refractivity contribution is -0.136. The van der Waals surface area contributed by atoms with Crippen molar-refractivity contribution in [2.45, 2.75) is 76.0 Å². The largest absolute Gasteiger partial charge is 0.372 e. The van der Waals surface area contributed by atoms with Crippen molar-refractivity contribution in [2.75, 3.05) is 55.4 Å². The molecule has 5 aromatic rings. The molecule has 360 valence electrons. The van der Waals surface area contributed by atoms with Crippen molar-refractivity contribution in [3.63, 3.8) is 0 Å². The van der Waals surface area contributed by atoms with Crippen LogP contribution in [0.25, 0.3) is 22.2 Å². The molecule has 0 radical (unpaired) electrons. The molecule has 7 heterocycles. The van der Waals surface area contributed by atoms with Gasteiger partial charge in [-0.05, 0) is 122 Å². The maximum atomic E-state index is 15.8. The van der Waals surface area contributed by atoms with Gasteiger partial charge in [0.15, 0.2) is 5.82 Å². The molecule has 3 amide bonds. The average Bonchev–Trinajstić information content (AvgIpc) is 4.15. The van der Waals surface area contributed by atoms with E-state index >= 15 is 8.78 Å². The number of alkyl halides is 1. The number of benzene rings is 3. The van der Waals surface area contributed by atoms with E-state index in [1.165, 1.54) is 18.2 Å². The molecule has 11 rings (SSSR count). The first-order valence-corrected chi connectivity index (χ1v) is 25.5. The number of carbonyl (C=O) groups excluding carboxylic acids is 4. The van der Waals surface area contributed by atoms with Crippen LogP contribution in [0, 0.1) is 29.4 Å². The molecule has 0 spiro atoms. The molecule has 5 fully saturated rings. The Hall–Kier alpha value is -6.11. The minimum absolute atomic E-state index is 0.00750. The zero-order valence-electron chi connectivity index (χ0n) is 37.9. The number of halogens is 3. The van der Waals surface area contributed by atoms with Gasteiger partial charge < -0.3 is 19.7 Å². The number of fused-ring (bicyclic) bond motifs is 3. The van der Waals surface area contributed by atoms with Crippen LogP contribution in [0.5, 0.6) is 0 Å². The molecule has 69 heavy (non-hydrogen) atoms. The Bertz CT molecular complexity index is 3000. The van der Waals surface area contributed by atoms with Crippen LogP contribution in [-0.2, 0) is 26.3 Å². The lowest BCUT2D eigenvalue weighted by Gasteiger charge is -2.35. The Morgan fingerprint density at radius 2 is 1.65 bits per heavy atom. The van der Waals surface area contributed by atoms with Crippen molar-refractivity contribution < 1.29 is 40.8 Å². The number of ketones is 1. The maximum absolute atomic E-state index is 15.8. The first-order valence-electron chi connectivity index (χ1n) is 24.0. The van der Waals surface area contributed by atoms with Crippen molar-refractivity contribution in [1.29, 1.82) is 0 Å². The van der Waals surface area contributed by atoms with Gasteiger partial charge in [-0.3, -0.25) is 29.2 Å². The molecule has 6 aliphatic rings. The van der Waals surface area contributed by atoms with Crippen LogP contribution < -0.4 is 14.9 Å². The van der Waals surface area contributed by atoms with E-state index in [1.807, 2.05) is 24.3 Å². The van der Waals surface area contributed by atoms with Gasteiger partial charge in [-0.15, -0.1) is 0 Å². The first kappa shape index (κ1) is 45.3. The molecule has 2 aromatic heterocycles. The number of rotatable bonds is 11. The Labute approximate surface area is 397 Å². The van der Waals surface area contributed by atoms with Gasteiger partial charge in [0.1, 0.15) is 23.7 Å². The molecule has 1 aliphatic carbocycles. The molecule has 3 aromatic carbocycles. The third-order valence-electron chi connectivity index (χ3n) is 15.6. The van der Waals surface area contributed by atoms with E-state index in [0.29, 0.717) is 58.8 Å². The van der Waals surface area contributed by atoms with E-state index in [1.54, 1.807) is 17.2 Å². The first-order chi connectivity index (χ1) is 33.3. The molecule has 0 bridgehead atoms. The Balaban J connectivity index is 0.691. The van der Waals surface area contributed by atoms with Crippen LogP contribution in [0.3, 0.4) is 0 Å². The van der Waals surface area contributed by atoms with Gasteiger partial charge in [0.2, 0.25) is 17.6 Å². The summed E-state index contributed by atoms with van der Waals surface area (Å²) in [5, 5.41) is 2.73. The fourth-order valence-electron chi connectivity index (χ4n) is 11.9. The second-order valence-electron chi connectivity index (χ2n) is 19.8. The van der Waals surface area contributed by atoms with Crippen LogP contribution in [-0.4, -0.2) is 114 Å². The van der Waals surface area contributed by atoms with Crippen molar-refractivity contribution >= 4 is 56.1 Å². The SMILES string of the molecule is O=C1CCC(N2Cc3cc(N4CCC(CN5C[C@H]6CCC(c7ccc(-c8cnc9[nH]cc(C(=O)c%10c(F)ccc(NS(=O)(=O)N%11CC[C@@H](F)C%11)c%10F)c9c8)cc7)C[C@H]6C5)CC4)ccc3C2=O)C(=O)N1. The number of piperidine rings is 2. The summed E-state index contributed by atoms with van der Waals surface area (Å²) in [4.78, 5) is 65.3. The molecule has 2 unspecified atom stereocenters. The monoisotopic (exact) mass is 962 g/mol. The van der Waals surface area contributed by atoms with Crippen LogP contribution in [0.1, 0.15) is 94.7 Å². The number of likely N-dealkylation sites (tertiary alicyclic amines) is 1. The van der Waals surface area contributed by atoms with Crippen molar-refractivity contribution in [2.24, 2.45) is 17.8 Å². The van der Waals surface area contributed by atoms with Crippen LogP contribution in [0.2, 0.25) is 0 Å². The van der Waals surface area contributed by atoms with E-state index in [4.69, 9.17) is 0 Å². The zero-order valence-corrected chi connectivity index (χ0v) is 38.8. The molecular weight excluding hydrogens is 910 g/mol. The minimum Gasteiger partial charge on any atom is -0.372 e. The second-order valence-corrected chi connectivity index (χ2v) is 21.5. The normalized spacial score (nSPS) is 24.8. The zero-order chi connectivity index (χ0) is 47.7. The number of nitrogens with zero attached hydrogens (tertiary/aromatic N) is 5. The number of hydrogen-bond donors (Lipinski definition) is 3. The number of H-pyrrole nitrogens is 1. The molecule has 5 aliphatic heterocycles. The Morgan fingerprint density at radius 3 is 2.42 bits per heavy atom. The standard InChI is InChI=1S/C51H53F3N8O6S/c52-37-15-18-61(28-37)69(67,68)58-43-10-9-42(53)46(47(43)54)48(64)41-23-56-49-40(41)21-34(22-55-49)31-3-1-30(2-4-31)32-5-6-33-25-59(26-35(33)19-32)24-29-13-16-60(17-14-29)38-7-8-39-36(20-38)27-62(51(39)66)44-11-12-45(63)57-50(44)65/h1-4,7-10,20-23,29,32-33,35,37,44,58H,5-6,11-19,24-28H2,(H,55,56)(H,57,63,65)/t32?,33-,35+,37-,44?/m1/s1. The molecule has 14 nitrogen and oxygen atoms in total. The Kier molecular flexibility index (Phi) is 11.8. The summed E-state index contributed by atoms with van der Waals surface area (Å²) >= 11 is 0. The number of anilines is 2. The summed E-state index contributed by atoms with van der Waals surface area (Å²) in [7, 11) is -4.35. The number of hydrogen-bond acceptors (Lipinski definition) is 9. The molecule has 5 atom stereocenters. The summed E-state index contributed by atoms with van der Waals surface area (Å²) in [6.07, 6.45) is 7.91. The van der Waals surface area contributed by atoms with Gasteiger partial charge in [0.25, 0.3) is 5.91 Å². The highest BCUT2D eigenvalue weighted by Gasteiger charge is 2.41. The van der Waals surface area contributed by atoms with Crippen molar-refractivity contribution in [3.05, 3.63) is 113 Å². The summed E-state index contributed by atoms with van der Waals surface area (Å²) in [6, 6.07) is 17.3. The van der Waals surface area contributed by atoms with Crippen molar-refractivity contribution in [1.82, 2.24) is 29.4 Å². The number of amides is 3. The number of imide groups is 1. The molecule has 4 saturated heterocycles. The summed E-state index contributed by atoms with van der Waals surface area (Å²) < 4.78 is 73.3. The smallest absolute Gasteiger partial charge is 0.301 e. The molecule has 18 heteroatoms. The fraction of sp³-hybridized carbons (Fsp3) is 0.431. The number of aromatic amines is 1. The van der Waals surface area contributed by atoms with E-state index < -0.39 is 57.0 Å². The van der Waals surface area contributed by atoms with E-state index in [0.717, 1.165) is 91.7 Å². The predicted octanol–water partition coefficient (Wildman–Crippen LogP) is 6.93.